The van der Waals surface area contributed by atoms with E-state index in [0.29, 0.717) is 15.6 Å². The number of carbonyl (C=O) groups is 2. The molecule has 0 aliphatic carbocycles. The summed E-state index contributed by atoms with van der Waals surface area (Å²) in [5.74, 6) is -0.216. The summed E-state index contributed by atoms with van der Waals surface area (Å²) in [6.45, 7) is 2.48. The van der Waals surface area contributed by atoms with E-state index < -0.39 is 0 Å². The van der Waals surface area contributed by atoms with Gasteiger partial charge in [-0.3, -0.25) is 9.69 Å². The molecule has 0 aromatic heterocycles. The molecular weight excluding hydrogens is 347 g/mol. The Morgan fingerprint density at radius 2 is 1.62 bits per heavy atom. The number of halogens is 2. The minimum absolute atomic E-state index is 0.0340. The highest BCUT2D eigenvalue weighted by Gasteiger charge is 2.36. The fourth-order valence-electron chi connectivity index (χ4n) is 2.71. The van der Waals surface area contributed by atoms with Gasteiger partial charge >= 0.3 is 6.03 Å². The van der Waals surface area contributed by atoms with Crippen molar-refractivity contribution in [3.8, 4) is 0 Å². The van der Waals surface area contributed by atoms with Gasteiger partial charge in [0, 0.05) is 15.6 Å². The van der Waals surface area contributed by atoms with Crippen LogP contribution in [0.3, 0.4) is 0 Å². The van der Waals surface area contributed by atoms with Crippen LogP contribution in [0.25, 0.3) is 0 Å². The van der Waals surface area contributed by atoms with E-state index in [1.54, 1.807) is 18.2 Å². The molecule has 124 valence electrons. The van der Waals surface area contributed by atoms with Gasteiger partial charge in [-0.05, 0) is 30.2 Å². The van der Waals surface area contributed by atoms with Crippen LogP contribution in [0, 0.1) is 6.92 Å². The number of hydrogen-bond donors (Lipinski definition) is 0. The zero-order valence-electron chi connectivity index (χ0n) is 13.1. The number of urea groups is 1. The molecule has 24 heavy (non-hydrogen) atoms. The van der Waals surface area contributed by atoms with Gasteiger partial charge in [-0.2, -0.15) is 0 Å². The van der Waals surface area contributed by atoms with Crippen LogP contribution in [-0.4, -0.2) is 28.3 Å². The molecule has 3 amide bonds. The SMILES string of the molecule is Cc1ccccc1CN1C(=O)CN(Cc2c(Cl)cccc2Cl)C1=O. The van der Waals surface area contributed by atoms with Gasteiger partial charge in [0.15, 0.2) is 0 Å². The van der Waals surface area contributed by atoms with Crippen molar-refractivity contribution >= 4 is 35.1 Å². The van der Waals surface area contributed by atoms with Crippen molar-refractivity contribution < 1.29 is 9.59 Å². The smallest absolute Gasteiger partial charge is 0.311 e. The maximum Gasteiger partial charge on any atom is 0.327 e. The number of nitrogens with zero attached hydrogens (tertiary/aromatic N) is 2. The van der Waals surface area contributed by atoms with Crippen LogP contribution in [0.15, 0.2) is 42.5 Å². The predicted octanol–water partition coefficient (Wildman–Crippen LogP) is 4.27. The highest BCUT2D eigenvalue weighted by molar-refractivity contribution is 6.36. The van der Waals surface area contributed by atoms with Crippen LogP contribution in [0.2, 0.25) is 10.0 Å². The van der Waals surface area contributed by atoms with Crippen molar-refractivity contribution in [1.82, 2.24) is 9.80 Å². The Labute approximate surface area is 150 Å². The van der Waals surface area contributed by atoms with E-state index in [1.807, 2.05) is 31.2 Å². The van der Waals surface area contributed by atoms with E-state index in [4.69, 9.17) is 23.2 Å². The van der Waals surface area contributed by atoms with Crippen LogP contribution >= 0.6 is 23.2 Å². The molecule has 1 aliphatic rings. The van der Waals surface area contributed by atoms with Gasteiger partial charge in [-0.25, -0.2) is 4.79 Å². The lowest BCUT2D eigenvalue weighted by atomic mass is 10.1. The number of rotatable bonds is 4. The Hall–Kier alpha value is -2.04. The molecule has 0 N–H and O–H groups in total. The summed E-state index contributed by atoms with van der Waals surface area (Å²) in [5, 5.41) is 0.972. The average molecular weight is 363 g/mol. The summed E-state index contributed by atoms with van der Waals surface area (Å²) in [6.07, 6.45) is 0. The molecule has 0 unspecified atom stereocenters. The minimum atomic E-state index is -0.320. The van der Waals surface area contributed by atoms with E-state index in [9.17, 15) is 9.59 Å². The van der Waals surface area contributed by atoms with Gasteiger partial charge < -0.3 is 4.90 Å². The summed E-state index contributed by atoms with van der Waals surface area (Å²) >= 11 is 12.3. The molecule has 1 fully saturated rings. The number of imide groups is 1. The monoisotopic (exact) mass is 362 g/mol. The second-order valence-electron chi connectivity index (χ2n) is 5.75. The standard InChI is InChI=1S/C18H16Cl2N2O2/c1-12-5-2-3-6-13(12)9-22-17(23)11-21(18(22)24)10-14-15(19)7-4-8-16(14)20/h2-8H,9-11H2,1H3. The number of benzene rings is 2. The largest absolute Gasteiger partial charge is 0.327 e. The fourth-order valence-corrected chi connectivity index (χ4v) is 3.22. The summed E-state index contributed by atoms with van der Waals surface area (Å²) in [6, 6.07) is 12.6. The van der Waals surface area contributed by atoms with Gasteiger partial charge in [-0.1, -0.05) is 53.5 Å². The molecule has 2 aromatic rings. The van der Waals surface area contributed by atoms with Gasteiger partial charge in [0.25, 0.3) is 5.91 Å². The first-order valence-corrected chi connectivity index (χ1v) is 8.29. The Bertz CT molecular complexity index is 787. The van der Waals surface area contributed by atoms with Crippen LogP contribution in [0.1, 0.15) is 16.7 Å². The molecule has 0 radical (unpaired) electrons. The van der Waals surface area contributed by atoms with Crippen molar-refractivity contribution in [1.29, 1.82) is 0 Å². The number of carbonyl (C=O) groups excluding carboxylic acids is 2. The topological polar surface area (TPSA) is 40.6 Å². The van der Waals surface area contributed by atoms with Crippen molar-refractivity contribution in [3.05, 3.63) is 69.2 Å². The number of amides is 3. The highest BCUT2D eigenvalue weighted by atomic mass is 35.5. The quantitative estimate of drug-likeness (QED) is 0.762. The molecule has 0 saturated carbocycles. The van der Waals surface area contributed by atoms with Gasteiger partial charge in [0.05, 0.1) is 13.1 Å². The molecule has 0 bridgehead atoms. The van der Waals surface area contributed by atoms with Gasteiger partial charge in [0.2, 0.25) is 0 Å². The zero-order chi connectivity index (χ0) is 17.3. The lowest BCUT2D eigenvalue weighted by Gasteiger charge is -2.19. The third kappa shape index (κ3) is 3.25. The summed E-state index contributed by atoms with van der Waals surface area (Å²) < 4.78 is 0. The minimum Gasteiger partial charge on any atom is -0.311 e. The van der Waals surface area contributed by atoms with Crippen LogP contribution in [-0.2, 0) is 17.9 Å². The first-order chi connectivity index (χ1) is 11.5. The first kappa shape index (κ1) is 16.8. The Morgan fingerprint density at radius 3 is 2.29 bits per heavy atom. The lowest BCUT2D eigenvalue weighted by molar-refractivity contribution is -0.125. The average Bonchev–Trinajstić information content (AvgIpc) is 2.80. The Kier molecular flexibility index (Phi) is 4.78. The summed E-state index contributed by atoms with van der Waals surface area (Å²) in [5.41, 5.74) is 2.65. The Morgan fingerprint density at radius 1 is 0.958 bits per heavy atom. The highest BCUT2D eigenvalue weighted by Crippen LogP contribution is 2.27. The molecule has 2 aromatic carbocycles. The molecule has 6 heteroatoms. The van der Waals surface area contributed by atoms with Gasteiger partial charge in [0.1, 0.15) is 6.54 Å². The summed E-state index contributed by atoms with van der Waals surface area (Å²) in [7, 11) is 0. The van der Waals surface area contributed by atoms with E-state index >= 15 is 0 Å². The fraction of sp³-hybridized carbons (Fsp3) is 0.222. The molecule has 1 saturated heterocycles. The first-order valence-electron chi connectivity index (χ1n) is 7.54. The molecular formula is C18H16Cl2N2O2. The Balaban J connectivity index is 1.78. The molecule has 1 heterocycles. The van der Waals surface area contributed by atoms with Crippen molar-refractivity contribution in [3.63, 3.8) is 0 Å². The molecule has 3 rings (SSSR count). The number of aryl methyl sites for hydroxylation is 1. The zero-order valence-corrected chi connectivity index (χ0v) is 14.6. The van der Waals surface area contributed by atoms with E-state index in [2.05, 4.69) is 0 Å². The van der Waals surface area contributed by atoms with E-state index in [-0.39, 0.29) is 31.6 Å². The predicted molar refractivity (Wildman–Crippen MR) is 94.0 cm³/mol. The van der Waals surface area contributed by atoms with E-state index in [0.717, 1.165) is 11.1 Å². The third-order valence-electron chi connectivity index (χ3n) is 4.13. The van der Waals surface area contributed by atoms with Crippen molar-refractivity contribution in [2.24, 2.45) is 0 Å². The third-order valence-corrected chi connectivity index (χ3v) is 4.84. The maximum atomic E-state index is 12.6. The van der Waals surface area contributed by atoms with Crippen molar-refractivity contribution in [2.75, 3.05) is 6.54 Å². The maximum absolute atomic E-state index is 12.6. The lowest BCUT2D eigenvalue weighted by Crippen LogP contribution is -2.32. The molecule has 1 aliphatic heterocycles. The second kappa shape index (κ2) is 6.83. The molecule has 4 nitrogen and oxygen atoms in total. The van der Waals surface area contributed by atoms with Crippen LogP contribution in [0.4, 0.5) is 4.79 Å². The normalized spacial score (nSPS) is 14.6. The van der Waals surface area contributed by atoms with Crippen molar-refractivity contribution in [2.45, 2.75) is 20.0 Å². The van der Waals surface area contributed by atoms with Crippen LogP contribution in [0.5, 0.6) is 0 Å². The second-order valence-corrected chi connectivity index (χ2v) is 6.56. The number of hydrogen-bond acceptors (Lipinski definition) is 2. The molecule has 0 atom stereocenters. The van der Waals surface area contributed by atoms with E-state index in [1.165, 1.54) is 9.80 Å². The summed E-state index contributed by atoms with van der Waals surface area (Å²) in [4.78, 5) is 27.6. The molecule has 0 spiro atoms. The van der Waals surface area contributed by atoms with Crippen LogP contribution < -0.4 is 0 Å². The van der Waals surface area contributed by atoms with Gasteiger partial charge in [-0.15, -0.1) is 0 Å².